The molecular weight excluding hydrogens is 355 g/mol. The van der Waals surface area contributed by atoms with Crippen LogP contribution in [0.2, 0.25) is 0 Å². The van der Waals surface area contributed by atoms with Crippen LogP contribution in [0.5, 0.6) is 0 Å². The molecule has 3 N–H and O–H groups in total. The van der Waals surface area contributed by atoms with E-state index in [1.807, 2.05) is 0 Å². The molecule has 1 atom stereocenters. The van der Waals surface area contributed by atoms with Crippen LogP contribution in [0.1, 0.15) is 72.5 Å². The predicted octanol–water partition coefficient (Wildman–Crippen LogP) is 3.49. The maximum absolute atomic E-state index is 15.2. The number of rotatable bonds is 3. The number of allylic oxidation sites excluding steroid dienone is 3. The molecule has 2 amide bonds. The zero-order valence-corrected chi connectivity index (χ0v) is 16.0. The Morgan fingerprint density at radius 3 is 2.86 bits per heavy atom. The topological polar surface area (TPSA) is 72.2 Å². The molecule has 4 nitrogen and oxygen atoms in total. The Balaban J connectivity index is 1.75. The molecule has 0 aromatic heterocycles. The quantitative estimate of drug-likeness (QED) is 0.791. The molecule has 4 rings (SSSR count). The minimum atomic E-state index is -0.580. The molecule has 0 aliphatic heterocycles. The molecule has 0 unspecified atom stereocenters. The highest BCUT2D eigenvalue weighted by Crippen LogP contribution is 2.48. The third-order valence-corrected chi connectivity index (χ3v) is 5.94. The van der Waals surface area contributed by atoms with Crippen LogP contribution in [-0.2, 0) is 11.2 Å². The highest BCUT2D eigenvalue weighted by atomic mass is 19.1. The second-order valence-corrected chi connectivity index (χ2v) is 7.67. The first-order valence-electron chi connectivity index (χ1n) is 9.78. The lowest BCUT2D eigenvalue weighted by atomic mass is 9.83. The van der Waals surface area contributed by atoms with Gasteiger partial charge in [-0.1, -0.05) is 17.6 Å². The van der Waals surface area contributed by atoms with E-state index in [0.29, 0.717) is 24.0 Å². The van der Waals surface area contributed by atoms with Crippen LogP contribution in [0.15, 0.2) is 17.7 Å². The Labute approximate surface area is 164 Å². The van der Waals surface area contributed by atoms with E-state index in [1.54, 1.807) is 6.92 Å². The second-order valence-electron chi connectivity index (χ2n) is 7.67. The fourth-order valence-electron chi connectivity index (χ4n) is 4.83. The Morgan fingerprint density at radius 2 is 2.11 bits per heavy atom. The van der Waals surface area contributed by atoms with E-state index < -0.39 is 11.7 Å². The Hall–Kier alpha value is -2.87. The number of amides is 2. The highest BCUT2D eigenvalue weighted by molar-refractivity contribution is 6.00. The van der Waals surface area contributed by atoms with Gasteiger partial charge in [0.25, 0.3) is 5.91 Å². The van der Waals surface area contributed by atoms with E-state index in [-0.39, 0.29) is 11.9 Å². The molecular formula is C23H23FN2O2. The number of hydrogen-bond donors (Lipinski definition) is 2. The smallest absolute Gasteiger partial charge is 0.296 e. The lowest BCUT2D eigenvalue weighted by Crippen LogP contribution is -2.35. The van der Waals surface area contributed by atoms with Crippen molar-refractivity contribution in [2.24, 2.45) is 5.73 Å². The van der Waals surface area contributed by atoms with Gasteiger partial charge in [0.15, 0.2) is 0 Å². The number of carbonyl (C=O) groups is 2. The Morgan fingerprint density at radius 1 is 1.29 bits per heavy atom. The number of hydrogen-bond acceptors (Lipinski definition) is 2. The fraction of sp³-hybridized carbons (Fsp3) is 0.391. The third-order valence-electron chi connectivity index (χ3n) is 5.94. The summed E-state index contributed by atoms with van der Waals surface area (Å²) in [4.78, 5) is 23.8. The number of nitrogens with one attached hydrogen (secondary N) is 1. The van der Waals surface area contributed by atoms with Gasteiger partial charge in [0, 0.05) is 17.2 Å². The normalized spacial score (nSPS) is 20.1. The molecule has 0 saturated heterocycles. The van der Waals surface area contributed by atoms with E-state index >= 15 is 4.39 Å². The van der Waals surface area contributed by atoms with Crippen molar-refractivity contribution >= 4 is 23.0 Å². The van der Waals surface area contributed by atoms with Gasteiger partial charge in [0.1, 0.15) is 5.82 Å². The zero-order chi connectivity index (χ0) is 19.8. The van der Waals surface area contributed by atoms with Gasteiger partial charge in [-0.15, -0.1) is 0 Å². The van der Waals surface area contributed by atoms with Crippen LogP contribution >= 0.6 is 0 Å². The van der Waals surface area contributed by atoms with Crippen molar-refractivity contribution in [2.45, 2.75) is 57.9 Å². The van der Waals surface area contributed by atoms with Gasteiger partial charge in [-0.3, -0.25) is 9.59 Å². The minimum Gasteiger partial charge on any atom is -0.366 e. The fourth-order valence-corrected chi connectivity index (χ4v) is 4.83. The zero-order valence-electron chi connectivity index (χ0n) is 16.0. The van der Waals surface area contributed by atoms with Gasteiger partial charge in [-0.05, 0) is 86.1 Å². The van der Waals surface area contributed by atoms with Gasteiger partial charge >= 0.3 is 0 Å². The van der Waals surface area contributed by atoms with E-state index in [4.69, 9.17) is 5.73 Å². The maximum atomic E-state index is 15.2. The molecule has 0 bridgehead atoms. The number of carbonyl (C=O) groups excluding carboxylic acids is 2. The molecule has 3 aliphatic rings. The average Bonchev–Trinajstić information content (AvgIpc) is 3.23. The minimum absolute atomic E-state index is 0.0716. The molecule has 3 aliphatic carbocycles. The summed E-state index contributed by atoms with van der Waals surface area (Å²) >= 11 is 0. The second kappa shape index (κ2) is 7.27. The molecule has 0 spiro atoms. The van der Waals surface area contributed by atoms with Crippen molar-refractivity contribution in [3.63, 3.8) is 0 Å². The average molecular weight is 378 g/mol. The molecule has 28 heavy (non-hydrogen) atoms. The van der Waals surface area contributed by atoms with Crippen LogP contribution in [0, 0.1) is 17.7 Å². The number of fused-ring (bicyclic) bond motifs is 2. The summed E-state index contributed by atoms with van der Waals surface area (Å²) < 4.78 is 15.2. The van der Waals surface area contributed by atoms with Crippen LogP contribution in [0.4, 0.5) is 4.39 Å². The van der Waals surface area contributed by atoms with Crippen molar-refractivity contribution in [1.29, 1.82) is 0 Å². The summed E-state index contributed by atoms with van der Waals surface area (Å²) in [5.74, 6) is 3.81. The van der Waals surface area contributed by atoms with Gasteiger partial charge < -0.3 is 11.1 Å². The van der Waals surface area contributed by atoms with Crippen molar-refractivity contribution in [1.82, 2.24) is 5.32 Å². The predicted molar refractivity (Wildman–Crippen MR) is 107 cm³/mol. The van der Waals surface area contributed by atoms with Crippen molar-refractivity contribution in [3.05, 3.63) is 45.8 Å². The molecule has 0 radical (unpaired) electrons. The Bertz CT molecular complexity index is 1010. The summed E-state index contributed by atoms with van der Waals surface area (Å²) in [6, 6.07) is 1.22. The summed E-state index contributed by atoms with van der Waals surface area (Å²) in [5, 5.41) is 2.92. The standard InChI is InChI=1S/C23H23FN2O2/c1-2-5-20(27)26-15-8-3-7-14(10-15)21-19(24)12-18(23(25)28)17-11-13-6-4-9-16(13)22(17)21/h7,12,15H,3-4,6,8-11H2,1H3,(H2,25,28)(H,26,27)/t15-/m0/s1. The monoisotopic (exact) mass is 378 g/mol. The highest BCUT2D eigenvalue weighted by Gasteiger charge is 2.34. The van der Waals surface area contributed by atoms with Crippen LogP contribution in [0.25, 0.3) is 11.1 Å². The first-order chi connectivity index (χ1) is 13.5. The summed E-state index contributed by atoms with van der Waals surface area (Å²) in [6.45, 7) is 1.62. The van der Waals surface area contributed by atoms with Crippen molar-refractivity contribution in [3.8, 4) is 11.8 Å². The largest absolute Gasteiger partial charge is 0.366 e. The van der Waals surface area contributed by atoms with Crippen molar-refractivity contribution in [2.75, 3.05) is 0 Å². The maximum Gasteiger partial charge on any atom is 0.296 e. The summed E-state index contributed by atoms with van der Waals surface area (Å²) in [6.07, 6.45) is 7.85. The number of benzene rings is 1. The van der Waals surface area contributed by atoms with E-state index in [2.05, 4.69) is 23.2 Å². The van der Waals surface area contributed by atoms with E-state index in [9.17, 15) is 9.59 Å². The molecule has 1 aromatic carbocycles. The lowest BCUT2D eigenvalue weighted by molar-refractivity contribution is -0.116. The van der Waals surface area contributed by atoms with Gasteiger partial charge in [0.05, 0.1) is 0 Å². The van der Waals surface area contributed by atoms with Gasteiger partial charge in [0.2, 0.25) is 5.91 Å². The molecule has 5 heteroatoms. The Kier molecular flexibility index (Phi) is 4.80. The van der Waals surface area contributed by atoms with E-state index in [0.717, 1.165) is 48.8 Å². The third kappa shape index (κ3) is 3.13. The summed E-state index contributed by atoms with van der Waals surface area (Å²) in [5.41, 5.74) is 11.6. The molecule has 0 saturated carbocycles. The van der Waals surface area contributed by atoms with Gasteiger partial charge in [-0.25, -0.2) is 4.39 Å². The first kappa shape index (κ1) is 18.5. The lowest BCUT2D eigenvalue weighted by Gasteiger charge is -2.26. The summed E-state index contributed by atoms with van der Waals surface area (Å²) in [7, 11) is 0. The van der Waals surface area contributed by atoms with Gasteiger partial charge in [-0.2, -0.15) is 0 Å². The molecule has 1 aromatic rings. The number of nitrogens with two attached hydrogens (primary N) is 1. The number of primary amides is 1. The molecule has 0 heterocycles. The SMILES string of the molecule is CC#CC(=O)N[C@H]1CCC=C(c2c(F)cc(C(N)=O)c3c2C2=C(CCC2)C3)C1. The first-order valence-corrected chi connectivity index (χ1v) is 9.78. The van der Waals surface area contributed by atoms with Crippen LogP contribution in [-0.4, -0.2) is 17.9 Å². The molecule has 0 fully saturated rings. The van der Waals surface area contributed by atoms with E-state index in [1.165, 1.54) is 17.2 Å². The van der Waals surface area contributed by atoms with Crippen molar-refractivity contribution < 1.29 is 14.0 Å². The van der Waals surface area contributed by atoms with Crippen LogP contribution < -0.4 is 11.1 Å². The molecule has 144 valence electrons. The van der Waals surface area contributed by atoms with Crippen LogP contribution in [0.3, 0.4) is 0 Å². The number of halogens is 1.